The van der Waals surface area contributed by atoms with Crippen LogP contribution in [0.4, 0.5) is 0 Å². The average molecular weight is 293 g/mol. The first-order valence-electron chi connectivity index (χ1n) is 6.75. The highest BCUT2D eigenvalue weighted by molar-refractivity contribution is 7.12. The maximum absolute atomic E-state index is 12.1. The number of hydrogen-bond donors (Lipinski definition) is 2. The fraction of sp³-hybridized carbons (Fsp3) is 0.533. The van der Waals surface area contributed by atoms with Crippen LogP contribution in [0.15, 0.2) is 12.1 Å². The van der Waals surface area contributed by atoms with Gasteiger partial charge in [-0.2, -0.15) is 0 Å². The summed E-state index contributed by atoms with van der Waals surface area (Å²) >= 11 is 1.56. The van der Waals surface area contributed by atoms with Gasteiger partial charge >= 0.3 is 0 Å². The van der Waals surface area contributed by atoms with Crippen molar-refractivity contribution >= 4 is 17.2 Å². The fourth-order valence-corrected chi connectivity index (χ4v) is 2.88. The van der Waals surface area contributed by atoms with E-state index >= 15 is 0 Å². The van der Waals surface area contributed by atoms with E-state index < -0.39 is 5.60 Å². The van der Waals surface area contributed by atoms with Crippen molar-refractivity contribution in [2.75, 3.05) is 13.2 Å². The molecule has 4 nitrogen and oxygen atoms in total. The molecule has 1 aliphatic rings. The molecule has 1 aliphatic heterocycles. The number of carbonyl (C=O) groups is 1. The zero-order chi connectivity index (χ0) is 14.4. The molecule has 0 saturated carbocycles. The minimum absolute atomic E-state index is 0.0451. The van der Waals surface area contributed by atoms with Crippen molar-refractivity contribution in [2.45, 2.75) is 38.3 Å². The topological polar surface area (TPSA) is 58.6 Å². The molecular formula is C15H19NO3S. The van der Waals surface area contributed by atoms with Gasteiger partial charge in [0.15, 0.2) is 0 Å². The van der Waals surface area contributed by atoms with Crippen LogP contribution in [0.3, 0.4) is 0 Å². The largest absolute Gasteiger partial charge is 0.395 e. The molecule has 1 aromatic heterocycles. The minimum Gasteiger partial charge on any atom is -0.395 e. The second-order valence-corrected chi connectivity index (χ2v) is 6.08. The molecule has 0 radical (unpaired) electrons. The van der Waals surface area contributed by atoms with E-state index in [0.717, 1.165) is 22.6 Å². The number of aliphatic hydroxyl groups is 1. The molecule has 0 aliphatic carbocycles. The zero-order valence-electron chi connectivity index (χ0n) is 11.6. The number of hydrogen-bond acceptors (Lipinski definition) is 4. The third-order valence-electron chi connectivity index (χ3n) is 3.23. The van der Waals surface area contributed by atoms with Crippen molar-refractivity contribution in [3.63, 3.8) is 0 Å². The summed E-state index contributed by atoms with van der Waals surface area (Å²) in [6.07, 6.45) is 2.20. The number of aliphatic hydroxyl groups excluding tert-OH is 1. The van der Waals surface area contributed by atoms with Crippen LogP contribution in [0.25, 0.3) is 0 Å². The number of ether oxygens (including phenoxy) is 1. The first-order chi connectivity index (χ1) is 9.64. The SMILES string of the molecule is CC1(C(=O)NCc2ccc(C#CCCO)s2)CCCO1. The molecule has 0 spiro atoms. The summed E-state index contributed by atoms with van der Waals surface area (Å²) in [6, 6.07) is 3.90. The lowest BCUT2D eigenvalue weighted by molar-refractivity contribution is -0.139. The molecule has 1 fully saturated rings. The minimum atomic E-state index is -0.666. The van der Waals surface area contributed by atoms with E-state index in [1.807, 2.05) is 19.1 Å². The maximum atomic E-state index is 12.1. The summed E-state index contributed by atoms with van der Waals surface area (Å²) in [6.45, 7) is 3.09. The van der Waals surface area contributed by atoms with Crippen LogP contribution >= 0.6 is 11.3 Å². The highest BCUT2D eigenvalue weighted by Gasteiger charge is 2.37. The normalized spacial score (nSPS) is 21.3. The lowest BCUT2D eigenvalue weighted by Gasteiger charge is -2.21. The van der Waals surface area contributed by atoms with Crippen molar-refractivity contribution in [3.05, 3.63) is 21.9 Å². The highest BCUT2D eigenvalue weighted by Crippen LogP contribution is 2.25. The molecule has 20 heavy (non-hydrogen) atoms. The van der Waals surface area contributed by atoms with Crippen molar-refractivity contribution in [3.8, 4) is 11.8 Å². The third kappa shape index (κ3) is 3.83. The van der Waals surface area contributed by atoms with Crippen molar-refractivity contribution in [2.24, 2.45) is 0 Å². The van der Waals surface area contributed by atoms with E-state index in [4.69, 9.17) is 9.84 Å². The van der Waals surface area contributed by atoms with E-state index in [0.29, 0.717) is 19.6 Å². The molecule has 0 aromatic carbocycles. The number of rotatable bonds is 4. The predicted octanol–water partition coefficient (Wildman–Crippen LogP) is 1.67. The summed E-state index contributed by atoms with van der Waals surface area (Å²) in [5.41, 5.74) is -0.666. The standard InChI is InChI=1S/C15H19NO3S/c1-15(8-4-10-19-15)14(18)16-11-13-7-6-12(20-13)5-2-3-9-17/h6-7,17H,3-4,8-11H2,1H3,(H,16,18). The highest BCUT2D eigenvalue weighted by atomic mass is 32.1. The first-order valence-corrected chi connectivity index (χ1v) is 7.56. The van der Waals surface area contributed by atoms with Crippen molar-refractivity contribution in [1.82, 2.24) is 5.32 Å². The van der Waals surface area contributed by atoms with Gasteiger partial charge < -0.3 is 15.2 Å². The number of nitrogens with one attached hydrogen (secondary N) is 1. The van der Waals surface area contributed by atoms with Crippen LogP contribution in [-0.2, 0) is 16.1 Å². The monoisotopic (exact) mass is 293 g/mol. The Kier molecular flexibility index (Phi) is 5.18. The Bertz CT molecular complexity index is 521. The summed E-state index contributed by atoms with van der Waals surface area (Å²) in [5.74, 6) is 5.83. The summed E-state index contributed by atoms with van der Waals surface area (Å²) in [4.78, 5) is 14.1. The van der Waals surface area contributed by atoms with Gasteiger partial charge in [-0.25, -0.2) is 0 Å². The van der Waals surface area contributed by atoms with Crippen LogP contribution in [0.5, 0.6) is 0 Å². The summed E-state index contributed by atoms with van der Waals surface area (Å²) in [5, 5.41) is 11.6. The van der Waals surface area contributed by atoms with Gasteiger partial charge in [-0.3, -0.25) is 4.79 Å². The first kappa shape index (κ1) is 15.0. The van der Waals surface area contributed by atoms with Crippen molar-refractivity contribution in [1.29, 1.82) is 0 Å². The van der Waals surface area contributed by atoms with Crippen LogP contribution in [0.2, 0.25) is 0 Å². The average Bonchev–Trinajstić information content (AvgIpc) is 3.06. The second-order valence-electron chi connectivity index (χ2n) is 4.91. The fourth-order valence-electron chi connectivity index (χ4n) is 2.06. The van der Waals surface area contributed by atoms with Crippen molar-refractivity contribution < 1.29 is 14.6 Å². The van der Waals surface area contributed by atoms with Gasteiger partial charge in [0, 0.05) is 17.9 Å². The molecule has 2 N–H and O–H groups in total. The van der Waals surface area contributed by atoms with Gasteiger partial charge in [0.05, 0.1) is 18.0 Å². The van der Waals surface area contributed by atoms with Gasteiger partial charge in [-0.15, -0.1) is 11.3 Å². The van der Waals surface area contributed by atoms with E-state index in [2.05, 4.69) is 17.2 Å². The number of amides is 1. The Balaban J connectivity index is 1.85. The van der Waals surface area contributed by atoms with Gasteiger partial charge in [0.25, 0.3) is 5.91 Å². The second kappa shape index (κ2) is 6.89. The molecule has 1 atom stereocenters. The summed E-state index contributed by atoms with van der Waals surface area (Å²) in [7, 11) is 0. The lowest BCUT2D eigenvalue weighted by atomic mass is 10.0. The number of carbonyl (C=O) groups excluding carboxylic acids is 1. The lowest BCUT2D eigenvalue weighted by Crippen LogP contribution is -2.43. The molecule has 5 heteroatoms. The Labute approximate surface area is 123 Å². The molecule has 0 bridgehead atoms. The predicted molar refractivity (Wildman–Crippen MR) is 78.3 cm³/mol. The zero-order valence-corrected chi connectivity index (χ0v) is 12.4. The van der Waals surface area contributed by atoms with Gasteiger partial charge in [-0.05, 0) is 31.9 Å². The third-order valence-corrected chi connectivity index (χ3v) is 4.23. The van der Waals surface area contributed by atoms with Gasteiger partial charge in [0.2, 0.25) is 0 Å². The Morgan fingerprint density at radius 1 is 1.60 bits per heavy atom. The molecule has 2 rings (SSSR count). The molecule has 2 heterocycles. The quantitative estimate of drug-likeness (QED) is 0.830. The number of thiophene rings is 1. The molecule has 108 valence electrons. The maximum Gasteiger partial charge on any atom is 0.252 e. The smallest absolute Gasteiger partial charge is 0.252 e. The van der Waals surface area contributed by atoms with Gasteiger partial charge in [0.1, 0.15) is 5.60 Å². The summed E-state index contributed by atoms with van der Waals surface area (Å²) < 4.78 is 5.51. The van der Waals surface area contributed by atoms with Crippen LogP contribution < -0.4 is 5.32 Å². The van der Waals surface area contributed by atoms with E-state index in [-0.39, 0.29) is 12.5 Å². The Morgan fingerprint density at radius 2 is 2.45 bits per heavy atom. The Hall–Kier alpha value is -1.35. The van der Waals surface area contributed by atoms with E-state index in [9.17, 15) is 4.79 Å². The molecule has 1 unspecified atom stereocenters. The van der Waals surface area contributed by atoms with Crippen LogP contribution in [-0.4, -0.2) is 29.8 Å². The van der Waals surface area contributed by atoms with E-state index in [1.54, 1.807) is 11.3 Å². The molecule has 1 saturated heterocycles. The Morgan fingerprint density at radius 3 is 3.15 bits per heavy atom. The molecule has 1 amide bonds. The molecule has 1 aromatic rings. The van der Waals surface area contributed by atoms with Crippen LogP contribution in [0, 0.1) is 11.8 Å². The molecular weight excluding hydrogens is 274 g/mol. The van der Waals surface area contributed by atoms with E-state index in [1.165, 1.54) is 0 Å². The van der Waals surface area contributed by atoms with Gasteiger partial charge in [-0.1, -0.05) is 11.8 Å². The van der Waals surface area contributed by atoms with Crippen LogP contribution in [0.1, 0.15) is 35.9 Å².